The van der Waals surface area contributed by atoms with Crippen LogP contribution in [0.25, 0.3) is 59.9 Å². The van der Waals surface area contributed by atoms with Crippen LogP contribution in [-0.4, -0.2) is 11.6 Å². The van der Waals surface area contributed by atoms with Crippen LogP contribution in [0.4, 0.5) is 0 Å². The van der Waals surface area contributed by atoms with E-state index >= 15 is 0 Å². The normalized spacial score (nSPS) is 11.9. The number of thiophene rings is 4. The third-order valence-corrected chi connectivity index (χ3v) is 15.9. The molecule has 198 valence electrons. The van der Waals surface area contributed by atoms with Crippen molar-refractivity contribution in [2.75, 3.05) is 0 Å². The Bertz CT molecular complexity index is 2070. The molecule has 0 aliphatic carbocycles. The fourth-order valence-electron chi connectivity index (χ4n) is 4.82. The van der Waals surface area contributed by atoms with Gasteiger partial charge >= 0.3 is 0 Å². The molecule has 7 aromatic rings. The number of hydrogen-bond acceptors (Lipinski definition) is 6. The maximum Gasteiger partial charge on any atom is 0.159 e. The molecular formula is C30H14Br4O2S4. The second-order valence-corrected chi connectivity index (χ2v) is 16.8. The highest BCUT2D eigenvalue weighted by Crippen LogP contribution is 2.54. The first-order valence-electron chi connectivity index (χ1n) is 11.9. The summed E-state index contributed by atoms with van der Waals surface area (Å²) in [6.45, 7) is 3.18. The molecule has 3 aromatic carbocycles. The van der Waals surface area contributed by atoms with Crippen LogP contribution in [0.15, 0.2) is 66.4 Å². The van der Waals surface area contributed by atoms with E-state index in [1.807, 2.05) is 59.1 Å². The molecule has 0 saturated heterocycles. The first kappa shape index (κ1) is 27.6. The topological polar surface area (TPSA) is 34.1 Å². The van der Waals surface area contributed by atoms with Gasteiger partial charge in [0, 0.05) is 51.4 Å². The quantitative estimate of drug-likeness (QED) is 0.165. The minimum absolute atomic E-state index is 0.0571. The molecule has 2 nitrogen and oxygen atoms in total. The largest absolute Gasteiger partial charge is 0.295 e. The van der Waals surface area contributed by atoms with Crippen molar-refractivity contribution in [3.8, 4) is 20.9 Å². The lowest BCUT2D eigenvalue weighted by molar-refractivity contribution is 0.100. The van der Waals surface area contributed by atoms with Crippen LogP contribution < -0.4 is 0 Å². The number of Topliss-reactive ketones (excluding diaryl/α,β-unsaturated/α-hetero) is 2. The number of ketones is 2. The maximum absolute atomic E-state index is 11.8. The number of carbonyl (C=O) groups excluding carboxylic acids is 2. The molecule has 0 radical (unpaired) electrons. The number of rotatable bonds is 4. The highest BCUT2D eigenvalue weighted by molar-refractivity contribution is 9.11. The van der Waals surface area contributed by atoms with E-state index < -0.39 is 0 Å². The Morgan fingerprint density at radius 1 is 0.550 bits per heavy atom. The highest BCUT2D eigenvalue weighted by Gasteiger charge is 2.22. The van der Waals surface area contributed by atoms with Crippen LogP contribution in [0.1, 0.15) is 34.6 Å². The Morgan fingerprint density at radius 2 is 0.950 bits per heavy atom. The van der Waals surface area contributed by atoms with Gasteiger partial charge in [0.1, 0.15) is 0 Å². The van der Waals surface area contributed by atoms with E-state index in [9.17, 15) is 9.59 Å². The minimum atomic E-state index is 0.0571. The fourth-order valence-corrected chi connectivity index (χ4v) is 13.5. The Labute approximate surface area is 278 Å². The second-order valence-electron chi connectivity index (χ2n) is 9.36. The Balaban J connectivity index is 1.37. The molecule has 0 bridgehead atoms. The molecule has 0 unspecified atom stereocenters. The van der Waals surface area contributed by atoms with Crippen LogP contribution in [0.3, 0.4) is 0 Å². The molecular weight excluding hydrogens is 840 g/mol. The summed E-state index contributed by atoms with van der Waals surface area (Å²) in [6, 6.07) is 16.3. The van der Waals surface area contributed by atoms with Crippen LogP contribution >= 0.6 is 109 Å². The van der Waals surface area contributed by atoms with E-state index in [1.54, 1.807) is 36.5 Å². The molecule has 4 heterocycles. The van der Waals surface area contributed by atoms with Crippen molar-refractivity contribution in [3.63, 3.8) is 0 Å². The molecule has 0 aliphatic rings. The second kappa shape index (κ2) is 10.2. The first-order chi connectivity index (χ1) is 19.1. The number of benzene rings is 3. The smallest absolute Gasteiger partial charge is 0.159 e. The van der Waals surface area contributed by atoms with Crippen molar-refractivity contribution >= 4 is 160 Å². The highest BCUT2D eigenvalue weighted by atomic mass is 79.9. The summed E-state index contributed by atoms with van der Waals surface area (Å²) in [7, 11) is 0. The molecule has 0 spiro atoms. The van der Waals surface area contributed by atoms with Crippen LogP contribution in [0, 0.1) is 0 Å². The van der Waals surface area contributed by atoms with E-state index in [1.165, 1.54) is 39.0 Å². The Hall–Kier alpha value is -1.24. The molecule has 0 saturated carbocycles. The third kappa shape index (κ3) is 4.28. The van der Waals surface area contributed by atoms with E-state index in [-0.39, 0.29) is 11.6 Å². The summed E-state index contributed by atoms with van der Waals surface area (Å²) >= 11 is 22.4. The van der Waals surface area contributed by atoms with E-state index in [0.717, 1.165) is 38.8 Å². The number of fused-ring (bicyclic) bond motifs is 6. The van der Waals surface area contributed by atoms with Gasteiger partial charge in [-0.1, -0.05) is 56.1 Å². The molecule has 4 aromatic heterocycles. The van der Waals surface area contributed by atoms with Gasteiger partial charge in [-0.15, -0.1) is 45.3 Å². The van der Waals surface area contributed by atoms with Gasteiger partial charge in [-0.25, -0.2) is 0 Å². The van der Waals surface area contributed by atoms with E-state index in [2.05, 4.69) is 75.9 Å². The zero-order valence-corrected chi connectivity index (χ0v) is 30.2. The fraction of sp³-hybridized carbons (Fsp3) is 0.0667. The summed E-state index contributed by atoms with van der Waals surface area (Å²) in [5.74, 6) is 0.114. The van der Waals surface area contributed by atoms with Crippen LogP contribution in [-0.2, 0) is 0 Å². The average molecular weight is 854 g/mol. The average Bonchev–Trinajstić information content (AvgIpc) is 3.63. The van der Waals surface area contributed by atoms with Gasteiger partial charge in [-0.05, 0) is 70.0 Å². The molecule has 10 heteroatoms. The summed E-state index contributed by atoms with van der Waals surface area (Å²) in [5.41, 5.74) is 3.56. The van der Waals surface area contributed by atoms with Crippen molar-refractivity contribution in [2.45, 2.75) is 13.8 Å². The van der Waals surface area contributed by atoms with Gasteiger partial charge in [-0.2, -0.15) is 0 Å². The molecule has 40 heavy (non-hydrogen) atoms. The van der Waals surface area contributed by atoms with E-state index in [4.69, 9.17) is 0 Å². The van der Waals surface area contributed by atoms with Crippen molar-refractivity contribution in [1.29, 1.82) is 0 Å². The van der Waals surface area contributed by atoms with Crippen molar-refractivity contribution in [1.82, 2.24) is 0 Å². The SMILES string of the molecule is CC(=O)c1ccc(-c2sc3c(sc4cc5c(cc43)sc3c(Br)c(-c4ccc(C(C)=O)cc4Br)sc35)c2Br)c(Br)c1. The van der Waals surface area contributed by atoms with Gasteiger partial charge in [0.05, 0.1) is 37.5 Å². The number of halogens is 4. The van der Waals surface area contributed by atoms with Crippen molar-refractivity contribution in [2.24, 2.45) is 0 Å². The van der Waals surface area contributed by atoms with Gasteiger partial charge < -0.3 is 0 Å². The van der Waals surface area contributed by atoms with Crippen LogP contribution in [0.2, 0.25) is 0 Å². The number of carbonyl (C=O) groups is 2. The summed E-state index contributed by atoms with van der Waals surface area (Å²) in [6.07, 6.45) is 0. The summed E-state index contributed by atoms with van der Waals surface area (Å²) < 4.78 is 11.6. The lowest BCUT2D eigenvalue weighted by Gasteiger charge is -2.05. The number of hydrogen-bond donors (Lipinski definition) is 0. The summed E-state index contributed by atoms with van der Waals surface area (Å²) in [5, 5.41) is 2.54. The lowest BCUT2D eigenvalue weighted by atomic mass is 10.1. The Kier molecular flexibility index (Phi) is 7.03. The molecule has 0 atom stereocenters. The van der Waals surface area contributed by atoms with Gasteiger partial charge in [0.25, 0.3) is 0 Å². The first-order valence-corrected chi connectivity index (χ1v) is 18.4. The monoisotopic (exact) mass is 850 g/mol. The van der Waals surface area contributed by atoms with Gasteiger partial charge in [0.15, 0.2) is 11.6 Å². The van der Waals surface area contributed by atoms with E-state index in [0.29, 0.717) is 11.1 Å². The predicted octanol–water partition coefficient (Wildman–Crippen LogP) is 13.3. The standard InChI is InChI=1S/C30H14Br4O2S4/c1-11(35)13-3-5-15(19(31)7-13)25-23(33)29-27(39-25)17-9-22-18(10-21(17)37-29)28-30(38-22)24(34)26(40-28)16-6-4-14(12(2)36)8-20(16)32/h3-10H,1-2H3. The van der Waals surface area contributed by atoms with Crippen molar-refractivity contribution < 1.29 is 9.59 Å². The Morgan fingerprint density at radius 3 is 1.30 bits per heavy atom. The minimum Gasteiger partial charge on any atom is -0.295 e. The van der Waals surface area contributed by atoms with Crippen molar-refractivity contribution in [3.05, 3.63) is 77.5 Å². The molecule has 0 amide bonds. The third-order valence-electron chi connectivity index (χ3n) is 6.85. The van der Waals surface area contributed by atoms with Crippen LogP contribution in [0.5, 0.6) is 0 Å². The summed E-state index contributed by atoms with van der Waals surface area (Å²) in [4.78, 5) is 26.0. The molecule has 0 fully saturated rings. The molecule has 0 N–H and O–H groups in total. The molecule has 0 aliphatic heterocycles. The maximum atomic E-state index is 11.8. The predicted molar refractivity (Wildman–Crippen MR) is 190 cm³/mol. The zero-order chi connectivity index (χ0) is 28.0. The lowest BCUT2D eigenvalue weighted by Crippen LogP contribution is -1.91. The zero-order valence-electron chi connectivity index (χ0n) is 20.6. The van der Waals surface area contributed by atoms with Gasteiger partial charge in [-0.3, -0.25) is 9.59 Å². The van der Waals surface area contributed by atoms with Gasteiger partial charge in [0.2, 0.25) is 0 Å². The molecule has 7 rings (SSSR count).